The molecule has 1 N–H and O–H groups in total. The molecule has 3 aromatic rings. The third-order valence-electron chi connectivity index (χ3n) is 4.49. The van der Waals surface area contributed by atoms with E-state index in [1.54, 1.807) is 50.2 Å². The van der Waals surface area contributed by atoms with Crippen LogP contribution in [-0.4, -0.2) is 32.6 Å². The number of rotatable bonds is 8. The van der Waals surface area contributed by atoms with Gasteiger partial charge in [-0.15, -0.1) is 0 Å². The topological polar surface area (TPSA) is 97.8 Å². The molecule has 7 nitrogen and oxygen atoms in total. The summed E-state index contributed by atoms with van der Waals surface area (Å²) >= 11 is 8.99. The molecular weight excluding hydrogens is 493 g/mol. The summed E-state index contributed by atoms with van der Waals surface area (Å²) in [6.45, 7) is 3.27. The van der Waals surface area contributed by atoms with Gasteiger partial charge in [-0.3, -0.25) is 4.79 Å². The fourth-order valence-electron chi connectivity index (χ4n) is 2.77. The Hall–Kier alpha value is -2.78. The maximum atomic E-state index is 13.5. The SMILES string of the molecule is CC(C)(Oc1ccc(Cl)cc1)C(=O)Cc1nonc1/C(Cc1ccc(F)c(Br)c1)=N/O. The molecule has 1 heterocycles. The second-order valence-corrected chi connectivity index (χ2v) is 8.49. The monoisotopic (exact) mass is 509 g/mol. The normalized spacial score (nSPS) is 12.1. The summed E-state index contributed by atoms with van der Waals surface area (Å²) in [5.74, 6) is -0.217. The zero-order valence-electron chi connectivity index (χ0n) is 16.6. The standard InChI is InChI=1S/C21H18BrClFN3O4/c1-21(2,30-14-6-4-13(23)5-7-14)19(28)11-18-20(27-31-26-18)17(25-29)10-12-3-8-16(24)15(22)9-12/h3-9,29H,10-11H2,1-2H3/b25-17+. The first-order valence-corrected chi connectivity index (χ1v) is 10.3. The molecular formula is C21H18BrClFN3O4. The molecule has 0 radical (unpaired) electrons. The van der Waals surface area contributed by atoms with Crippen molar-refractivity contribution >= 4 is 39.0 Å². The lowest BCUT2D eigenvalue weighted by Crippen LogP contribution is -2.39. The Kier molecular flexibility index (Phi) is 7.07. The molecule has 2 aromatic carbocycles. The Morgan fingerprint density at radius 2 is 1.94 bits per heavy atom. The lowest BCUT2D eigenvalue weighted by molar-refractivity contribution is -0.131. The van der Waals surface area contributed by atoms with E-state index in [9.17, 15) is 14.4 Å². The molecule has 3 rings (SSSR count). The van der Waals surface area contributed by atoms with Crippen molar-refractivity contribution in [1.82, 2.24) is 10.3 Å². The lowest BCUT2D eigenvalue weighted by atomic mass is 9.96. The van der Waals surface area contributed by atoms with E-state index in [2.05, 4.69) is 31.4 Å². The number of aromatic nitrogens is 2. The lowest BCUT2D eigenvalue weighted by Gasteiger charge is -2.24. The van der Waals surface area contributed by atoms with Gasteiger partial charge in [-0.05, 0) is 76.9 Å². The van der Waals surface area contributed by atoms with Gasteiger partial charge in [-0.25, -0.2) is 9.02 Å². The molecule has 0 saturated carbocycles. The summed E-state index contributed by atoms with van der Waals surface area (Å²) in [6, 6.07) is 11.0. The number of oxime groups is 1. The van der Waals surface area contributed by atoms with Crippen LogP contribution in [0.2, 0.25) is 5.02 Å². The molecule has 0 aliphatic heterocycles. The zero-order chi connectivity index (χ0) is 22.6. The number of ketones is 1. The fraction of sp³-hybridized carbons (Fsp3) is 0.238. The molecule has 1 aromatic heterocycles. The minimum absolute atomic E-state index is 0.120. The summed E-state index contributed by atoms with van der Waals surface area (Å²) in [4.78, 5) is 12.9. The van der Waals surface area contributed by atoms with Crippen LogP contribution < -0.4 is 4.74 Å². The number of benzene rings is 2. The smallest absolute Gasteiger partial charge is 0.181 e. The average Bonchev–Trinajstić information content (AvgIpc) is 3.18. The van der Waals surface area contributed by atoms with Crippen LogP contribution in [0.5, 0.6) is 5.75 Å². The third kappa shape index (κ3) is 5.68. The molecule has 0 saturated heterocycles. The average molecular weight is 511 g/mol. The van der Waals surface area contributed by atoms with Crippen molar-refractivity contribution in [3.63, 3.8) is 0 Å². The molecule has 31 heavy (non-hydrogen) atoms. The van der Waals surface area contributed by atoms with Crippen molar-refractivity contribution in [2.75, 3.05) is 0 Å². The van der Waals surface area contributed by atoms with Crippen molar-refractivity contribution in [3.05, 3.63) is 74.7 Å². The molecule has 0 atom stereocenters. The highest BCUT2D eigenvalue weighted by Gasteiger charge is 2.32. The van der Waals surface area contributed by atoms with Gasteiger partial charge in [0.1, 0.15) is 23.0 Å². The van der Waals surface area contributed by atoms with E-state index >= 15 is 0 Å². The molecule has 0 fully saturated rings. The summed E-state index contributed by atoms with van der Waals surface area (Å²) < 4.78 is 24.3. The summed E-state index contributed by atoms with van der Waals surface area (Å²) in [7, 11) is 0. The van der Waals surface area contributed by atoms with Gasteiger partial charge in [0.25, 0.3) is 0 Å². The minimum Gasteiger partial charge on any atom is -0.480 e. The van der Waals surface area contributed by atoms with Crippen LogP contribution in [0, 0.1) is 5.82 Å². The van der Waals surface area contributed by atoms with Crippen molar-refractivity contribution < 1.29 is 23.8 Å². The molecule has 0 spiro atoms. The zero-order valence-corrected chi connectivity index (χ0v) is 18.9. The number of hydrogen-bond acceptors (Lipinski definition) is 7. The summed E-state index contributed by atoms with van der Waals surface area (Å²) in [5, 5.41) is 20.9. The van der Waals surface area contributed by atoms with Crippen LogP contribution in [0.15, 0.2) is 56.7 Å². The van der Waals surface area contributed by atoms with E-state index in [1.165, 1.54) is 6.07 Å². The predicted octanol–water partition coefficient (Wildman–Crippen LogP) is 5.01. The van der Waals surface area contributed by atoms with E-state index in [0.29, 0.717) is 16.3 Å². The molecule has 10 heteroatoms. The molecule has 0 aliphatic rings. The molecule has 162 valence electrons. The first-order chi connectivity index (χ1) is 14.7. The summed E-state index contributed by atoms with van der Waals surface area (Å²) in [6.07, 6.45) is -0.0407. The number of ether oxygens (including phenoxy) is 1. The molecule has 0 unspecified atom stereocenters. The molecule has 0 bridgehead atoms. The number of hydrogen-bond donors (Lipinski definition) is 1. The quantitative estimate of drug-likeness (QED) is 0.260. The summed E-state index contributed by atoms with van der Waals surface area (Å²) in [5.41, 5.74) is -0.0559. The van der Waals surface area contributed by atoms with E-state index in [0.717, 1.165) is 0 Å². The van der Waals surface area contributed by atoms with Crippen LogP contribution in [0.4, 0.5) is 4.39 Å². The second-order valence-electron chi connectivity index (χ2n) is 7.20. The number of Topliss-reactive ketones (excluding diaryl/α,β-unsaturated/α-hetero) is 1. The van der Waals surface area contributed by atoms with Crippen LogP contribution >= 0.6 is 27.5 Å². The van der Waals surface area contributed by atoms with E-state index < -0.39 is 11.4 Å². The van der Waals surface area contributed by atoms with Crippen LogP contribution in [0.1, 0.15) is 30.8 Å². The fourth-order valence-corrected chi connectivity index (χ4v) is 3.32. The van der Waals surface area contributed by atoms with Gasteiger partial charge in [-0.1, -0.05) is 28.0 Å². The Bertz CT molecular complexity index is 1120. The maximum Gasteiger partial charge on any atom is 0.181 e. The van der Waals surface area contributed by atoms with Crippen LogP contribution in [0.3, 0.4) is 0 Å². The van der Waals surface area contributed by atoms with E-state index in [4.69, 9.17) is 21.0 Å². The Balaban J connectivity index is 1.75. The van der Waals surface area contributed by atoms with Crippen LogP contribution in [0.25, 0.3) is 0 Å². The maximum absolute atomic E-state index is 13.5. The van der Waals surface area contributed by atoms with Crippen molar-refractivity contribution in [2.24, 2.45) is 5.16 Å². The van der Waals surface area contributed by atoms with Gasteiger partial charge in [0.2, 0.25) is 0 Å². The Morgan fingerprint density at radius 3 is 2.58 bits per heavy atom. The van der Waals surface area contributed by atoms with E-state index in [1.807, 2.05) is 0 Å². The van der Waals surface area contributed by atoms with Crippen molar-refractivity contribution in [1.29, 1.82) is 0 Å². The number of carbonyl (C=O) groups excluding carboxylic acids is 1. The predicted molar refractivity (Wildman–Crippen MR) is 115 cm³/mol. The number of carbonyl (C=O) groups is 1. The molecule has 0 amide bonds. The first-order valence-electron chi connectivity index (χ1n) is 9.14. The number of nitrogens with zero attached hydrogens (tertiary/aromatic N) is 3. The van der Waals surface area contributed by atoms with Gasteiger partial charge >= 0.3 is 0 Å². The Labute approximate surface area is 190 Å². The second kappa shape index (κ2) is 9.57. The van der Waals surface area contributed by atoms with Gasteiger partial charge < -0.3 is 9.94 Å². The van der Waals surface area contributed by atoms with Gasteiger partial charge in [0, 0.05) is 11.4 Å². The van der Waals surface area contributed by atoms with Crippen molar-refractivity contribution in [2.45, 2.75) is 32.3 Å². The minimum atomic E-state index is -1.18. The highest BCUT2D eigenvalue weighted by atomic mass is 79.9. The largest absolute Gasteiger partial charge is 0.480 e. The van der Waals surface area contributed by atoms with Gasteiger partial charge in [-0.2, -0.15) is 0 Å². The highest BCUT2D eigenvalue weighted by Crippen LogP contribution is 2.23. The van der Waals surface area contributed by atoms with Gasteiger partial charge in [0.05, 0.1) is 10.9 Å². The Morgan fingerprint density at radius 1 is 1.23 bits per heavy atom. The van der Waals surface area contributed by atoms with E-state index in [-0.39, 0.29) is 40.2 Å². The third-order valence-corrected chi connectivity index (χ3v) is 5.35. The highest BCUT2D eigenvalue weighted by molar-refractivity contribution is 9.10. The molecule has 0 aliphatic carbocycles. The van der Waals surface area contributed by atoms with Gasteiger partial charge in [0.15, 0.2) is 17.1 Å². The number of halogens is 3. The first kappa shape index (κ1) is 22.9. The van der Waals surface area contributed by atoms with Crippen LogP contribution in [-0.2, 0) is 17.6 Å². The van der Waals surface area contributed by atoms with Crippen molar-refractivity contribution in [3.8, 4) is 5.75 Å².